The molecule has 1 atom stereocenters. The van der Waals surface area contributed by atoms with Gasteiger partial charge in [0.1, 0.15) is 0 Å². The molecule has 0 fully saturated rings. The Morgan fingerprint density at radius 2 is 1.43 bits per heavy atom. The largest absolute Gasteiger partial charge is 0.308 e. The minimum Gasteiger partial charge on any atom is -0.308 e. The lowest BCUT2D eigenvalue weighted by atomic mass is 9.74. The van der Waals surface area contributed by atoms with Crippen molar-refractivity contribution in [3.8, 4) is 0 Å². The molecule has 0 spiro atoms. The minimum absolute atomic E-state index is 0.00488. The van der Waals surface area contributed by atoms with Gasteiger partial charge in [-0.15, -0.1) is 0 Å². The van der Waals surface area contributed by atoms with Crippen molar-refractivity contribution in [3.05, 3.63) is 83.9 Å². The summed E-state index contributed by atoms with van der Waals surface area (Å²) in [5.41, 5.74) is 2.75. The molecule has 21 heavy (non-hydrogen) atoms. The van der Waals surface area contributed by atoms with Crippen molar-refractivity contribution in [2.24, 2.45) is 0 Å². The smallest absolute Gasteiger partial charge is 0.0400 e. The van der Waals surface area contributed by atoms with E-state index in [2.05, 4.69) is 92.0 Å². The lowest BCUT2D eigenvalue weighted by Gasteiger charge is -2.31. The monoisotopic (exact) mass is 277 g/mol. The van der Waals surface area contributed by atoms with Crippen LogP contribution in [0, 0.1) is 0 Å². The summed E-state index contributed by atoms with van der Waals surface area (Å²) in [4.78, 5) is 0. The summed E-state index contributed by atoms with van der Waals surface area (Å²) in [6, 6.07) is 22.6. The highest BCUT2D eigenvalue weighted by molar-refractivity contribution is 5.47. The Morgan fingerprint density at radius 3 is 1.90 bits per heavy atom. The standard InChI is InChI=1S/C20H23N/c1-16(2)21-19-13-14-20(15-19,17-9-5-3-6-10-17)18-11-7-4-8-12-18/h3-14,16,19,21H,15H2,1-2H3. The summed E-state index contributed by atoms with van der Waals surface area (Å²) < 4.78 is 0. The van der Waals surface area contributed by atoms with Crippen molar-refractivity contribution in [2.75, 3.05) is 0 Å². The third-order valence-corrected chi connectivity index (χ3v) is 4.28. The number of benzene rings is 2. The average Bonchev–Trinajstić information content (AvgIpc) is 2.93. The van der Waals surface area contributed by atoms with E-state index < -0.39 is 0 Å². The SMILES string of the molecule is CC(C)NC1C=CC(c2ccccc2)(c2ccccc2)C1. The molecule has 0 saturated carbocycles. The molecule has 1 aliphatic rings. The summed E-state index contributed by atoms with van der Waals surface area (Å²) in [6.45, 7) is 4.41. The molecule has 2 aromatic carbocycles. The van der Waals surface area contributed by atoms with Crippen LogP contribution in [0.15, 0.2) is 72.8 Å². The van der Waals surface area contributed by atoms with Crippen LogP contribution in [-0.2, 0) is 5.41 Å². The Hall–Kier alpha value is -1.86. The predicted octanol–water partition coefficient (Wildman–Crippen LogP) is 4.30. The lowest BCUT2D eigenvalue weighted by Crippen LogP contribution is -2.35. The fourth-order valence-corrected chi connectivity index (χ4v) is 3.37. The zero-order valence-electron chi connectivity index (χ0n) is 12.8. The van der Waals surface area contributed by atoms with Crippen LogP contribution in [0.25, 0.3) is 0 Å². The van der Waals surface area contributed by atoms with E-state index in [1.165, 1.54) is 11.1 Å². The van der Waals surface area contributed by atoms with Crippen LogP contribution in [0.3, 0.4) is 0 Å². The van der Waals surface area contributed by atoms with Crippen molar-refractivity contribution in [3.63, 3.8) is 0 Å². The molecule has 1 aliphatic carbocycles. The predicted molar refractivity (Wildman–Crippen MR) is 89.5 cm³/mol. The van der Waals surface area contributed by atoms with Gasteiger partial charge in [0.15, 0.2) is 0 Å². The van der Waals surface area contributed by atoms with Crippen molar-refractivity contribution >= 4 is 0 Å². The average molecular weight is 277 g/mol. The first-order valence-corrected chi connectivity index (χ1v) is 7.77. The highest BCUT2D eigenvalue weighted by Gasteiger charge is 2.37. The van der Waals surface area contributed by atoms with Gasteiger partial charge in [-0.2, -0.15) is 0 Å². The number of hydrogen-bond acceptors (Lipinski definition) is 1. The molecule has 0 aromatic heterocycles. The minimum atomic E-state index is -0.00488. The van der Waals surface area contributed by atoms with Crippen molar-refractivity contribution in [1.29, 1.82) is 0 Å². The van der Waals surface area contributed by atoms with Crippen LogP contribution in [0.2, 0.25) is 0 Å². The van der Waals surface area contributed by atoms with Gasteiger partial charge in [-0.3, -0.25) is 0 Å². The van der Waals surface area contributed by atoms with Crippen LogP contribution in [0.1, 0.15) is 31.4 Å². The van der Waals surface area contributed by atoms with E-state index >= 15 is 0 Å². The second kappa shape index (κ2) is 5.87. The molecule has 0 radical (unpaired) electrons. The molecule has 1 heteroatoms. The Morgan fingerprint density at radius 1 is 0.905 bits per heavy atom. The summed E-state index contributed by atoms with van der Waals surface area (Å²) in [5.74, 6) is 0. The highest BCUT2D eigenvalue weighted by Crippen LogP contribution is 2.42. The normalized spacial score (nSPS) is 20.0. The molecule has 0 saturated heterocycles. The first-order valence-electron chi connectivity index (χ1n) is 7.77. The molecule has 0 heterocycles. The van der Waals surface area contributed by atoms with Gasteiger partial charge in [-0.1, -0.05) is 86.7 Å². The summed E-state index contributed by atoms with van der Waals surface area (Å²) >= 11 is 0. The first-order chi connectivity index (χ1) is 10.2. The van der Waals surface area contributed by atoms with Crippen molar-refractivity contribution in [2.45, 2.75) is 37.8 Å². The van der Waals surface area contributed by atoms with Gasteiger partial charge in [-0.05, 0) is 17.5 Å². The quantitative estimate of drug-likeness (QED) is 0.822. The molecular weight excluding hydrogens is 254 g/mol. The van der Waals surface area contributed by atoms with Gasteiger partial charge >= 0.3 is 0 Å². The molecule has 0 amide bonds. The van der Waals surface area contributed by atoms with Gasteiger partial charge in [0.05, 0.1) is 0 Å². The Bertz CT molecular complexity index is 559. The zero-order valence-corrected chi connectivity index (χ0v) is 12.8. The van der Waals surface area contributed by atoms with Gasteiger partial charge in [-0.25, -0.2) is 0 Å². The fourth-order valence-electron chi connectivity index (χ4n) is 3.37. The van der Waals surface area contributed by atoms with E-state index in [1.807, 2.05) is 0 Å². The van der Waals surface area contributed by atoms with E-state index in [1.54, 1.807) is 0 Å². The third-order valence-electron chi connectivity index (χ3n) is 4.28. The van der Waals surface area contributed by atoms with Crippen molar-refractivity contribution < 1.29 is 0 Å². The van der Waals surface area contributed by atoms with Crippen LogP contribution >= 0.6 is 0 Å². The van der Waals surface area contributed by atoms with Gasteiger partial charge in [0.2, 0.25) is 0 Å². The van der Waals surface area contributed by atoms with E-state index in [4.69, 9.17) is 0 Å². The van der Waals surface area contributed by atoms with Crippen LogP contribution < -0.4 is 5.32 Å². The van der Waals surface area contributed by atoms with E-state index in [9.17, 15) is 0 Å². The van der Waals surface area contributed by atoms with Gasteiger partial charge < -0.3 is 5.32 Å². The number of nitrogens with one attached hydrogen (secondary N) is 1. The molecule has 0 bridgehead atoms. The van der Waals surface area contributed by atoms with Crippen LogP contribution in [0.4, 0.5) is 0 Å². The molecule has 2 aromatic rings. The number of hydrogen-bond donors (Lipinski definition) is 1. The molecule has 1 nitrogen and oxygen atoms in total. The second-order valence-electron chi connectivity index (χ2n) is 6.19. The van der Waals surface area contributed by atoms with E-state index in [0.717, 1.165) is 6.42 Å². The van der Waals surface area contributed by atoms with Gasteiger partial charge in [0, 0.05) is 17.5 Å². The molecule has 0 aliphatic heterocycles. The van der Waals surface area contributed by atoms with Crippen LogP contribution in [-0.4, -0.2) is 12.1 Å². The molecule has 1 N–H and O–H groups in total. The topological polar surface area (TPSA) is 12.0 Å². The maximum absolute atomic E-state index is 3.65. The van der Waals surface area contributed by atoms with Crippen LogP contribution in [0.5, 0.6) is 0 Å². The fraction of sp³-hybridized carbons (Fsp3) is 0.300. The maximum atomic E-state index is 3.65. The molecule has 3 rings (SSSR count). The zero-order chi connectivity index (χ0) is 14.7. The van der Waals surface area contributed by atoms with Crippen molar-refractivity contribution in [1.82, 2.24) is 5.32 Å². The Kier molecular flexibility index (Phi) is 3.94. The Labute approximate surface area is 127 Å². The Balaban J connectivity index is 2.01. The van der Waals surface area contributed by atoms with Gasteiger partial charge in [0.25, 0.3) is 0 Å². The second-order valence-corrected chi connectivity index (χ2v) is 6.19. The third kappa shape index (κ3) is 2.79. The van der Waals surface area contributed by atoms with E-state index in [0.29, 0.717) is 12.1 Å². The number of rotatable bonds is 4. The molecule has 108 valence electrons. The molecule has 1 unspecified atom stereocenters. The number of allylic oxidation sites excluding steroid dienone is 1. The maximum Gasteiger partial charge on any atom is 0.0400 e. The van der Waals surface area contributed by atoms with E-state index in [-0.39, 0.29) is 5.41 Å². The summed E-state index contributed by atoms with van der Waals surface area (Å²) in [6.07, 6.45) is 5.80. The highest BCUT2D eigenvalue weighted by atomic mass is 14.9. The first kappa shape index (κ1) is 14.1. The molecular formula is C20H23N. The summed E-state index contributed by atoms with van der Waals surface area (Å²) in [5, 5.41) is 3.65. The summed E-state index contributed by atoms with van der Waals surface area (Å²) in [7, 11) is 0. The lowest BCUT2D eigenvalue weighted by molar-refractivity contribution is 0.467.